The van der Waals surface area contributed by atoms with Crippen LogP contribution in [0, 0.1) is 0 Å². The molecule has 1 fully saturated rings. The highest BCUT2D eigenvalue weighted by Gasteiger charge is 2.47. The van der Waals surface area contributed by atoms with Gasteiger partial charge in [-0.1, -0.05) is 50.6 Å². The molecule has 1 aromatic rings. The van der Waals surface area contributed by atoms with Crippen LogP contribution < -0.4 is 4.72 Å². The molecule has 6 nitrogen and oxygen atoms in total. The average molecular weight is 378 g/mol. The maximum Gasteiger partial charge on any atom is 0.338 e. The van der Waals surface area contributed by atoms with E-state index >= 15 is 0 Å². The molecule has 0 bridgehead atoms. The lowest BCUT2D eigenvalue weighted by Crippen LogP contribution is -2.36. The Hall–Kier alpha value is -0.700. The molecule has 1 heterocycles. The van der Waals surface area contributed by atoms with Crippen molar-refractivity contribution in [3.8, 4) is 0 Å². The van der Waals surface area contributed by atoms with E-state index in [2.05, 4.69) is 4.72 Å². The van der Waals surface area contributed by atoms with Crippen LogP contribution >= 0.6 is 11.6 Å². The minimum absolute atomic E-state index is 0.234. The van der Waals surface area contributed by atoms with E-state index in [1.807, 2.05) is 32.0 Å². The van der Waals surface area contributed by atoms with Gasteiger partial charge in [-0.2, -0.15) is 13.1 Å². The number of benzene rings is 1. The standard InChI is InChI=1S/C16H24ClNO5S/c1-4-16(5-2)21-14(11-12-9-7-8-10-13(12)17)15(22-16)23-24(19,20)18-6-3/h7-10,14-15,18H,4-6,11H2,1-3H3. The molecule has 2 unspecified atom stereocenters. The van der Waals surface area contributed by atoms with Gasteiger partial charge in [-0.3, -0.25) is 0 Å². The Bertz CT molecular complexity index is 648. The monoisotopic (exact) mass is 377 g/mol. The molecule has 24 heavy (non-hydrogen) atoms. The molecule has 0 saturated carbocycles. The Balaban J connectivity index is 2.22. The van der Waals surface area contributed by atoms with E-state index in [9.17, 15) is 8.42 Å². The first kappa shape index (κ1) is 19.6. The topological polar surface area (TPSA) is 73.9 Å². The lowest BCUT2D eigenvalue weighted by atomic mass is 10.1. The van der Waals surface area contributed by atoms with Crippen LogP contribution in [-0.4, -0.2) is 33.1 Å². The van der Waals surface area contributed by atoms with Crippen molar-refractivity contribution in [3.05, 3.63) is 34.9 Å². The van der Waals surface area contributed by atoms with Gasteiger partial charge in [0.1, 0.15) is 6.10 Å². The van der Waals surface area contributed by atoms with E-state index in [4.69, 9.17) is 25.3 Å². The molecule has 0 radical (unpaired) electrons. The van der Waals surface area contributed by atoms with Crippen molar-refractivity contribution in [2.24, 2.45) is 0 Å². The summed E-state index contributed by atoms with van der Waals surface area (Å²) in [6.07, 6.45) is -0.0236. The molecular weight excluding hydrogens is 354 g/mol. The highest BCUT2D eigenvalue weighted by molar-refractivity contribution is 7.84. The average Bonchev–Trinajstić information content (AvgIpc) is 2.87. The second-order valence-corrected chi connectivity index (χ2v) is 7.40. The Kier molecular flexibility index (Phi) is 6.64. The molecule has 8 heteroatoms. The highest BCUT2D eigenvalue weighted by Crippen LogP contribution is 2.37. The zero-order valence-electron chi connectivity index (χ0n) is 14.1. The van der Waals surface area contributed by atoms with Crippen molar-refractivity contribution in [1.29, 1.82) is 0 Å². The van der Waals surface area contributed by atoms with Crippen molar-refractivity contribution in [2.75, 3.05) is 6.54 Å². The maximum absolute atomic E-state index is 11.9. The molecule has 2 rings (SSSR count). The minimum Gasteiger partial charge on any atom is -0.341 e. The van der Waals surface area contributed by atoms with Crippen molar-refractivity contribution in [1.82, 2.24) is 4.72 Å². The summed E-state index contributed by atoms with van der Waals surface area (Å²) in [5.74, 6) is -0.849. The number of halogens is 1. The Labute approximate surface area is 148 Å². The number of hydrogen-bond acceptors (Lipinski definition) is 5. The first-order valence-corrected chi connectivity index (χ1v) is 9.90. The molecule has 0 spiro atoms. The van der Waals surface area contributed by atoms with E-state index in [1.165, 1.54) is 0 Å². The third-order valence-corrected chi connectivity index (χ3v) is 5.45. The van der Waals surface area contributed by atoms with E-state index in [-0.39, 0.29) is 6.54 Å². The second kappa shape index (κ2) is 8.12. The molecule has 1 N–H and O–H groups in total. The van der Waals surface area contributed by atoms with E-state index in [0.29, 0.717) is 24.3 Å². The first-order valence-electron chi connectivity index (χ1n) is 8.11. The predicted octanol–water partition coefficient (Wildman–Crippen LogP) is 3.01. The molecule has 136 valence electrons. The van der Waals surface area contributed by atoms with Gasteiger partial charge in [0.15, 0.2) is 5.79 Å². The fourth-order valence-electron chi connectivity index (χ4n) is 2.67. The molecule has 0 amide bonds. The summed E-state index contributed by atoms with van der Waals surface area (Å²) < 4.78 is 43.3. The van der Waals surface area contributed by atoms with E-state index in [1.54, 1.807) is 13.0 Å². The molecule has 0 aliphatic carbocycles. The first-order chi connectivity index (χ1) is 11.3. The van der Waals surface area contributed by atoms with Crippen LogP contribution in [0.25, 0.3) is 0 Å². The fourth-order valence-corrected chi connectivity index (χ4v) is 3.71. The Morgan fingerprint density at radius 1 is 1.21 bits per heavy atom. The summed E-state index contributed by atoms with van der Waals surface area (Å²) >= 11 is 6.20. The van der Waals surface area contributed by atoms with Gasteiger partial charge in [-0.25, -0.2) is 4.18 Å². The number of nitrogens with one attached hydrogen (secondary N) is 1. The number of hydrogen-bond donors (Lipinski definition) is 1. The maximum atomic E-state index is 11.9. The summed E-state index contributed by atoms with van der Waals surface area (Å²) in [5.41, 5.74) is 0.852. The van der Waals surface area contributed by atoms with Gasteiger partial charge < -0.3 is 9.47 Å². The number of rotatable bonds is 8. The van der Waals surface area contributed by atoms with Crippen LogP contribution in [0.15, 0.2) is 24.3 Å². The zero-order chi connectivity index (χ0) is 17.8. The predicted molar refractivity (Wildman–Crippen MR) is 91.9 cm³/mol. The van der Waals surface area contributed by atoms with Crippen LogP contribution in [0.2, 0.25) is 5.02 Å². The minimum atomic E-state index is -3.91. The molecule has 1 aliphatic rings. The summed E-state index contributed by atoms with van der Waals surface area (Å²) in [7, 11) is -3.91. The normalized spacial score (nSPS) is 23.5. The van der Waals surface area contributed by atoms with Crippen LogP contribution in [-0.2, 0) is 30.4 Å². The van der Waals surface area contributed by atoms with Crippen molar-refractivity contribution in [3.63, 3.8) is 0 Å². The number of ether oxygens (including phenoxy) is 2. The van der Waals surface area contributed by atoms with E-state index < -0.39 is 28.5 Å². The smallest absolute Gasteiger partial charge is 0.338 e. The van der Waals surface area contributed by atoms with Gasteiger partial charge in [-0.15, -0.1) is 0 Å². The molecule has 1 aromatic carbocycles. The quantitative estimate of drug-likeness (QED) is 0.753. The molecule has 0 aromatic heterocycles. The fraction of sp³-hybridized carbons (Fsp3) is 0.625. The summed E-state index contributed by atoms with van der Waals surface area (Å²) in [6, 6.07) is 7.36. The zero-order valence-corrected chi connectivity index (χ0v) is 15.7. The van der Waals surface area contributed by atoms with Crippen LogP contribution in [0.1, 0.15) is 39.2 Å². The SMILES string of the molecule is CCNS(=O)(=O)OC1OC(CC)(CC)OC1Cc1ccccc1Cl. The van der Waals surface area contributed by atoms with Gasteiger partial charge in [0.2, 0.25) is 6.29 Å². The van der Waals surface area contributed by atoms with Crippen LogP contribution in [0.3, 0.4) is 0 Å². The van der Waals surface area contributed by atoms with Crippen molar-refractivity contribution in [2.45, 2.75) is 58.2 Å². The van der Waals surface area contributed by atoms with Crippen molar-refractivity contribution >= 4 is 21.9 Å². The van der Waals surface area contributed by atoms with Gasteiger partial charge in [0, 0.05) is 18.0 Å². The van der Waals surface area contributed by atoms with Crippen molar-refractivity contribution < 1.29 is 22.1 Å². The second-order valence-electron chi connectivity index (χ2n) is 5.60. The van der Waals surface area contributed by atoms with Gasteiger partial charge in [0.05, 0.1) is 0 Å². The summed E-state index contributed by atoms with van der Waals surface area (Å²) in [4.78, 5) is 0. The third-order valence-electron chi connectivity index (χ3n) is 4.00. The Morgan fingerprint density at radius 2 is 1.88 bits per heavy atom. The summed E-state index contributed by atoms with van der Waals surface area (Å²) in [5, 5.41) is 0.597. The van der Waals surface area contributed by atoms with Crippen LogP contribution in [0.5, 0.6) is 0 Å². The largest absolute Gasteiger partial charge is 0.341 e. The molecule has 1 aliphatic heterocycles. The molecule has 1 saturated heterocycles. The summed E-state index contributed by atoms with van der Waals surface area (Å²) in [6.45, 7) is 5.77. The Morgan fingerprint density at radius 3 is 2.46 bits per heavy atom. The lowest BCUT2D eigenvalue weighted by Gasteiger charge is -2.24. The third kappa shape index (κ3) is 4.68. The molecule has 2 atom stereocenters. The van der Waals surface area contributed by atoms with Crippen LogP contribution in [0.4, 0.5) is 0 Å². The lowest BCUT2D eigenvalue weighted by molar-refractivity contribution is -0.196. The van der Waals surface area contributed by atoms with E-state index in [0.717, 1.165) is 5.56 Å². The highest BCUT2D eigenvalue weighted by atomic mass is 35.5. The van der Waals surface area contributed by atoms with Gasteiger partial charge >= 0.3 is 10.3 Å². The van der Waals surface area contributed by atoms with Gasteiger partial charge in [0.25, 0.3) is 0 Å². The molecular formula is C16H24ClNO5S. The van der Waals surface area contributed by atoms with Gasteiger partial charge in [-0.05, 0) is 24.5 Å².